The highest BCUT2D eigenvalue weighted by molar-refractivity contribution is 5.80. The topological polar surface area (TPSA) is 44.1 Å². The molecule has 1 heterocycles. The van der Waals surface area contributed by atoms with Gasteiger partial charge >= 0.3 is 0 Å². The van der Waals surface area contributed by atoms with Crippen molar-refractivity contribution in [2.24, 2.45) is 7.05 Å². The molecular weight excluding hydrogens is 252 g/mol. The zero-order valence-corrected chi connectivity index (χ0v) is 11.3. The van der Waals surface area contributed by atoms with Crippen LogP contribution in [0.2, 0.25) is 0 Å². The van der Waals surface area contributed by atoms with Crippen LogP contribution in [0.3, 0.4) is 0 Å². The van der Waals surface area contributed by atoms with Crippen molar-refractivity contribution >= 4 is 10.9 Å². The molecule has 0 aliphatic carbocycles. The summed E-state index contributed by atoms with van der Waals surface area (Å²) in [6, 6.07) is 15.0. The van der Waals surface area contributed by atoms with Gasteiger partial charge in [-0.05, 0) is 36.4 Å². The standard InChI is InChI=1S/C16H14N2O2/c1-18-14-6-4-3-5-13(14)16(19)17-15(18)11-7-9-12(20-2)10-8-11/h3-10H,1-2H3. The van der Waals surface area contributed by atoms with E-state index in [0.717, 1.165) is 16.8 Å². The van der Waals surface area contributed by atoms with Gasteiger partial charge in [-0.25, -0.2) is 0 Å². The molecule has 0 N–H and O–H groups in total. The molecule has 0 saturated heterocycles. The molecule has 3 rings (SSSR count). The minimum Gasteiger partial charge on any atom is -0.497 e. The molecule has 0 atom stereocenters. The highest BCUT2D eigenvalue weighted by Gasteiger charge is 2.09. The van der Waals surface area contributed by atoms with Crippen molar-refractivity contribution in [1.82, 2.24) is 9.55 Å². The van der Waals surface area contributed by atoms with Crippen molar-refractivity contribution in [2.45, 2.75) is 0 Å². The van der Waals surface area contributed by atoms with Gasteiger partial charge in [-0.2, -0.15) is 4.98 Å². The Kier molecular flexibility index (Phi) is 2.99. The number of para-hydroxylation sites is 1. The van der Waals surface area contributed by atoms with Gasteiger partial charge in [0, 0.05) is 12.6 Å². The van der Waals surface area contributed by atoms with E-state index in [0.29, 0.717) is 11.2 Å². The molecule has 0 aliphatic rings. The summed E-state index contributed by atoms with van der Waals surface area (Å²) in [5.41, 5.74) is 1.55. The molecule has 1 aromatic heterocycles. The number of aryl methyl sites for hydroxylation is 1. The van der Waals surface area contributed by atoms with Gasteiger partial charge in [0.2, 0.25) is 0 Å². The first kappa shape index (κ1) is 12.4. The third-order valence-corrected chi connectivity index (χ3v) is 3.37. The minimum atomic E-state index is -0.204. The predicted molar refractivity (Wildman–Crippen MR) is 79.0 cm³/mol. The molecule has 20 heavy (non-hydrogen) atoms. The van der Waals surface area contributed by atoms with Gasteiger partial charge in [-0.15, -0.1) is 0 Å². The van der Waals surface area contributed by atoms with Crippen LogP contribution in [0.1, 0.15) is 0 Å². The first-order chi connectivity index (χ1) is 9.70. The number of aromatic nitrogens is 2. The second kappa shape index (κ2) is 4.81. The van der Waals surface area contributed by atoms with E-state index in [1.807, 2.05) is 54.1 Å². The largest absolute Gasteiger partial charge is 0.497 e. The number of rotatable bonds is 2. The van der Waals surface area contributed by atoms with Crippen LogP contribution in [0.25, 0.3) is 22.3 Å². The second-order valence-corrected chi connectivity index (χ2v) is 4.55. The molecule has 4 heteroatoms. The van der Waals surface area contributed by atoms with Crippen LogP contribution in [-0.2, 0) is 7.05 Å². The van der Waals surface area contributed by atoms with Gasteiger partial charge in [0.15, 0.2) is 0 Å². The molecule has 4 nitrogen and oxygen atoms in total. The van der Waals surface area contributed by atoms with Crippen LogP contribution in [0.4, 0.5) is 0 Å². The van der Waals surface area contributed by atoms with Gasteiger partial charge < -0.3 is 9.30 Å². The van der Waals surface area contributed by atoms with Crippen molar-refractivity contribution in [3.63, 3.8) is 0 Å². The van der Waals surface area contributed by atoms with Crippen molar-refractivity contribution in [3.05, 3.63) is 58.9 Å². The van der Waals surface area contributed by atoms with E-state index < -0.39 is 0 Å². The summed E-state index contributed by atoms with van der Waals surface area (Å²) >= 11 is 0. The molecule has 0 saturated carbocycles. The molecule has 0 amide bonds. The Hall–Kier alpha value is -2.62. The van der Waals surface area contributed by atoms with Crippen molar-refractivity contribution < 1.29 is 4.74 Å². The number of nitrogens with zero attached hydrogens (tertiary/aromatic N) is 2. The van der Waals surface area contributed by atoms with E-state index in [4.69, 9.17) is 4.74 Å². The van der Waals surface area contributed by atoms with Gasteiger partial charge in [0.1, 0.15) is 11.6 Å². The SMILES string of the molecule is COc1ccc(-c2nc(=O)c3ccccc3n2C)cc1. The number of hydrogen-bond acceptors (Lipinski definition) is 3. The Balaban J connectivity index is 2.25. The second-order valence-electron chi connectivity index (χ2n) is 4.55. The van der Waals surface area contributed by atoms with E-state index in [-0.39, 0.29) is 5.56 Å². The average Bonchev–Trinajstić information content (AvgIpc) is 2.51. The van der Waals surface area contributed by atoms with Gasteiger partial charge in [-0.3, -0.25) is 4.79 Å². The Labute approximate surface area is 116 Å². The number of ether oxygens (including phenoxy) is 1. The van der Waals surface area contributed by atoms with Crippen LogP contribution >= 0.6 is 0 Å². The van der Waals surface area contributed by atoms with E-state index in [1.54, 1.807) is 13.2 Å². The highest BCUT2D eigenvalue weighted by atomic mass is 16.5. The summed E-state index contributed by atoms with van der Waals surface area (Å²) in [6.07, 6.45) is 0. The van der Waals surface area contributed by atoms with Crippen LogP contribution < -0.4 is 10.3 Å². The fourth-order valence-electron chi connectivity index (χ4n) is 2.29. The average molecular weight is 266 g/mol. The summed E-state index contributed by atoms with van der Waals surface area (Å²) in [5.74, 6) is 1.43. The molecular formula is C16H14N2O2. The smallest absolute Gasteiger partial charge is 0.281 e. The molecule has 0 fully saturated rings. The minimum absolute atomic E-state index is 0.204. The third kappa shape index (κ3) is 1.95. The van der Waals surface area contributed by atoms with Gasteiger partial charge in [0.25, 0.3) is 5.56 Å². The van der Waals surface area contributed by atoms with Gasteiger partial charge in [-0.1, -0.05) is 12.1 Å². The quantitative estimate of drug-likeness (QED) is 0.716. The number of methoxy groups -OCH3 is 1. The molecule has 0 unspecified atom stereocenters. The van der Waals surface area contributed by atoms with Crippen LogP contribution in [0, 0.1) is 0 Å². The van der Waals surface area contributed by atoms with Crippen molar-refractivity contribution in [3.8, 4) is 17.1 Å². The monoisotopic (exact) mass is 266 g/mol. The Morgan fingerprint density at radius 3 is 2.45 bits per heavy atom. The van der Waals surface area contributed by atoms with Crippen molar-refractivity contribution in [2.75, 3.05) is 7.11 Å². The zero-order chi connectivity index (χ0) is 14.1. The molecule has 0 bridgehead atoms. The van der Waals surface area contributed by atoms with Crippen LogP contribution in [-0.4, -0.2) is 16.7 Å². The summed E-state index contributed by atoms with van der Waals surface area (Å²) in [7, 11) is 3.54. The lowest BCUT2D eigenvalue weighted by atomic mass is 10.1. The highest BCUT2D eigenvalue weighted by Crippen LogP contribution is 2.21. The molecule has 100 valence electrons. The van der Waals surface area contributed by atoms with E-state index >= 15 is 0 Å². The first-order valence-corrected chi connectivity index (χ1v) is 6.31. The number of fused-ring (bicyclic) bond motifs is 1. The summed E-state index contributed by atoms with van der Waals surface area (Å²) < 4.78 is 7.07. The Morgan fingerprint density at radius 1 is 1.05 bits per heavy atom. The lowest BCUT2D eigenvalue weighted by Crippen LogP contribution is -2.14. The lowest BCUT2D eigenvalue weighted by molar-refractivity contribution is 0.415. The van der Waals surface area contributed by atoms with E-state index in [2.05, 4.69) is 4.98 Å². The molecule has 0 aliphatic heterocycles. The normalized spacial score (nSPS) is 10.7. The van der Waals surface area contributed by atoms with E-state index in [1.165, 1.54) is 0 Å². The lowest BCUT2D eigenvalue weighted by Gasteiger charge is -2.11. The zero-order valence-electron chi connectivity index (χ0n) is 11.3. The van der Waals surface area contributed by atoms with Gasteiger partial charge in [0.05, 0.1) is 18.0 Å². The Morgan fingerprint density at radius 2 is 1.75 bits per heavy atom. The summed E-state index contributed by atoms with van der Waals surface area (Å²) in [4.78, 5) is 16.3. The maximum atomic E-state index is 12.1. The maximum Gasteiger partial charge on any atom is 0.281 e. The summed E-state index contributed by atoms with van der Waals surface area (Å²) in [5, 5.41) is 0.632. The third-order valence-electron chi connectivity index (χ3n) is 3.37. The van der Waals surface area contributed by atoms with Crippen LogP contribution in [0.5, 0.6) is 5.75 Å². The fourth-order valence-corrected chi connectivity index (χ4v) is 2.29. The fraction of sp³-hybridized carbons (Fsp3) is 0.125. The molecule has 3 aromatic rings. The molecule has 2 aromatic carbocycles. The Bertz CT molecular complexity index is 820. The first-order valence-electron chi connectivity index (χ1n) is 6.31. The molecule has 0 radical (unpaired) electrons. The number of hydrogen-bond donors (Lipinski definition) is 0. The summed E-state index contributed by atoms with van der Waals surface area (Å²) in [6.45, 7) is 0. The maximum absolute atomic E-state index is 12.1. The molecule has 0 spiro atoms. The van der Waals surface area contributed by atoms with Crippen molar-refractivity contribution in [1.29, 1.82) is 0 Å². The van der Waals surface area contributed by atoms with E-state index in [9.17, 15) is 4.79 Å². The number of benzene rings is 2. The predicted octanol–water partition coefficient (Wildman–Crippen LogP) is 2.61. The van der Waals surface area contributed by atoms with Crippen LogP contribution in [0.15, 0.2) is 53.3 Å².